The first-order valence-corrected chi connectivity index (χ1v) is 8.73. The molecule has 2 amide bonds. The van der Waals surface area contributed by atoms with Crippen molar-refractivity contribution in [2.75, 3.05) is 18.4 Å². The fourth-order valence-electron chi connectivity index (χ4n) is 2.78. The summed E-state index contributed by atoms with van der Waals surface area (Å²) in [6.07, 6.45) is 4.22. The van der Waals surface area contributed by atoms with E-state index in [1.807, 2.05) is 0 Å². The number of H-pyrrole nitrogens is 1. The molecule has 1 saturated heterocycles. The number of anilines is 1. The highest BCUT2D eigenvalue weighted by Crippen LogP contribution is 2.20. The van der Waals surface area contributed by atoms with Crippen LogP contribution >= 0.6 is 15.9 Å². The van der Waals surface area contributed by atoms with E-state index in [4.69, 9.17) is 0 Å². The van der Waals surface area contributed by atoms with Gasteiger partial charge >= 0.3 is 0 Å². The lowest BCUT2D eigenvalue weighted by Crippen LogP contribution is -2.42. The maximum Gasteiger partial charge on any atom is 0.260 e. The number of aromatic amines is 1. The van der Waals surface area contributed by atoms with Gasteiger partial charge in [0, 0.05) is 35.9 Å². The lowest BCUT2D eigenvalue weighted by atomic mass is 9.95. The number of carbonyl (C=O) groups excluding carboxylic acids is 2. The van der Waals surface area contributed by atoms with Crippen LogP contribution in [0.15, 0.2) is 45.9 Å². The zero-order valence-corrected chi connectivity index (χ0v) is 15.0. The number of rotatable bonds is 3. The van der Waals surface area contributed by atoms with Gasteiger partial charge in [0.2, 0.25) is 5.91 Å². The molecule has 0 spiro atoms. The Kier molecular flexibility index (Phi) is 5.28. The van der Waals surface area contributed by atoms with E-state index in [2.05, 4.69) is 31.2 Å². The topological polar surface area (TPSA) is 95.2 Å². The van der Waals surface area contributed by atoms with Crippen molar-refractivity contribution in [2.24, 2.45) is 5.92 Å². The van der Waals surface area contributed by atoms with Gasteiger partial charge in [-0.2, -0.15) is 0 Å². The molecular weight excluding hydrogens is 388 g/mol. The van der Waals surface area contributed by atoms with Crippen LogP contribution in [-0.4, -0.2) is 39.8 Å². The van der Waals surface area contributed by atoms with Crippen molar-refractivity contribution in [3.63, 3.8) is 0 Å². The van der Waals surface area contributed by atoms with Gasteiger partial charge in [0.15, 0.2) is 0 Å². The first-order chi connectivity index (χ1) is 12.0. The number of likely N-dealkylation sites (tertiary alicyclic amines) is 1. The molecular formula is C17H17BrN4O3. The molecule has 0 aromatic carbocycles. The number of amides is 2. The molecule has 0 bridgehead atoms. The molecule has 0 unspecified atom stereocenters. The Morgan fingerprint density at radius 2 is 2.00 bits per heavy atom. The molecule has 3 rings (SSSR count). The van der Waals surface area contributed by atoms with Crippen LogP contribution in [0.25, 0.3) is 0 Å². The number of hydrogen-bond donors (Lipinski definition) is 2. The Labute approximate surface area is 152 Å². The Morgan fingerprint density at radius 3 is 2.64 bits per heavy atom. The fraction of sp³-hybridized carbons (Fsp3) is 0.294. The van der Waals surface area contributed by atoms with Gasteiger partial charge in [-0.1, -0.05) is 0 Å². The summed E-state index contributed by atoms with van der Waals surface area (Å²) >= 11 is 3.30. The van der Waals surface area contributed by atoms with E-state index in [0.29, 0.717) is 31.7 Å². The molecule has 2 aromatic heterocycles. The molecule has 1 fully saturated rings. The third-order valence-electron chi connectivity index (χ3n) is 4.18. The predicted molar refractivity (Wildman–Crippen MR) is 96.3 cm³/mol. The SMILES string of the molecule is O=C(Nc1ccc(Br)cn1)C1CCN(C(=O)c2ccc[nH]c2=O)CC1. The molecule has 3 heterocycles. The molecule has 1 aliphatic heterocycles. The van der Waals surface area contributed by atoms with Crippen LogP contribution in [0.3, 0.4) is 0 Å². The average molecular weight is 405 g/mol. The standard InChI is InChI=1S/C17H17BrN4O3/c18-12-3-4-14(20-10-12)21-15(23)11-5-8-22(9-6-11)17(25)13-2-1-7-19-16(13)24/h1-4,7,10-11H,5-6,8-9H2,(H,19,24)(H,20,21,23). The highest BCUT2D eigenvalue weighted by atomic mass is 79.9. The van der Waals surface area contributed by atoms with Crippen molar-refractivity contribution in [2.45, 2.75) is 12.8 Å². The van der Waals surface area contributed by atoms with Gasteiger partial charge in [-0.05, 0) is 53.0 Å². The Hall–Kier alpha value is -2.48. The third-order valence-corrected chi connectivity index (χ3v) is 4.65. The lowest BCUT2D eigenvalue weighted by Gasteiger charge is -2.31. The van der Waals surface area contributed by atoms with Gasteiger partial charge in [-0.25, -0.2) is 4.98 Å². The van der Waals surface area contributed by atoms with Crippen molar-refractivity contribution in [3.8, 4) is 0 Å². The zero-order valence-electron chi connectivity index (χ0n) is 13.4. The minimum Gasteiger partial charge on any atom is -0.338 e. The molecule has 0 saturated carbocycles. The van der Waals surface area contributed by atoms with Gasteiger partial charge in [-0.3, -0.25) is 14.4 Å². The van der Waals surface area contributed by atoms with Gasteiger partial charge in [0.05, 0.1) is 0 Å². The molecule has 25 heavy (non-hydrogen) atoms. The van der Waals surface area contributed by atoms with Crippen molar-refractivity contribution >= 4 is 33.6 Å². The van der Waals surface area contributed by atoms with Crippen LogP contribution in [-0.2, 0) is 4.79 Å². The summed E-state index contributed by atoms with van der Waals surface area (Å²) in [6.45, 7) is 0.887. The normalized spacial score (nSPS) is 15.0. The van der Waals surface area contributed by atoms with Gasteiger partial charge in [0.25, 0.3) is 11.5 Å². The second-order valence-electron chi connectivity index (χ2n) is 5.83. The number of hydrogen-bond acceptors (Lipinski definition) is 4. The number of pyridine rings is 2. The Morgan fingerprint density at radius 1 is 1.24 bits per heavy atom. The van der Waals surface area contributed by atoms with E-state index in [1.165, 1.54) is 12.3 Å². The summed E-state index contributed by atoms with van der Waals surface area (Å²) in [7, 11) is 0. The smallest absolute Gasteiger partial charge is 0.260 e. The number of nitrogens with one attached hydrogen (secondary N) is 2. The van der Waals surface area contributed by atoms with E-state index < -0.39 is 5.56 Å². The van der Waals surface area contributed by atoms with Gasteiger partial charge in [-0.15, -0.1) is 0 Å². The van der Waals surface area contributed by atoms with Crippen LogP contribution < -0.4 is 10.9 Å². The summed E-state index contributed by atoms with van der Waals surface area (Å²) < 4.78 is 0.841. The molecule has 8 heteroatoms. The summed E-state index contributed by atoms with van der Waals surface area (Å²) in [5, 5.41) is 2.79. The number of carbonyl (C=O) groups is 2. The van der Waals surface area contributed by atoms with E-state index in [9.17, 15) is 14.4 Å². The molecule has 0 atom stereocenters. The van der Waals surface area contributed by atoms with Crippen LogP contribution in [0.2, 0.25) is 0 Å². The van der Waals surface area contributed by atoms with Crippen LogP contribution in [0, 0.1) is 5.92 Å². The second-order valence-corrected chi connectivity index (χ2v) is 6.75. The maximum absolute atomic E-state index is 12.4. The molecule has 7 nitrogen and oxygen atoms in total. The highest BCUT2D eigenvalue weighted by molar-refractivity contribution is 9.10. The quantitative estimate of drug-likeness (QED) is 0.817. The largest absolute Gasteiger partial charge is 0.338 e. The fourth-order valence-corrected chi connectivity index (χ4v) is 3.02. The van der Waals surface area contributed by atoms with Gasteiger partial charge < -0.3 is 15.2 Å². The predicted octanol–water partition coefficient (Wildman–Crippen LogP) is 2.02. The molecule has 1 aliphatic rings. The van der Waals surface area contributed by atoms with E-state index in [0.717, 1.165) is 4.47 Å². The maximum atomic E-state index is 12.4. The molecule has 0 aliphatic carbocycles. The van der Waals surface area contributed by atoms with Gasteiger partial charge in [0.1, 0.15) is 11.4 Å². The number of nitrogens with zero attached hydrogens (tertiary/aromatic N) is 2. The van der Waals surface area contributed by atoms with Crippen LogP contribution in [0.1, 0.15) is 23.2 Å². The van der Waals surface area contributed by atoms with Crippen LogP contribution in [0.4, 0.5) is 5.82 Å². The second kappa shape index (κ2) is 7.60. The molecule has 2 N–H and O–H groups in total. The van der Waals surface area contributed by atoms with Crippen molar-refractivity contribution < 1.29 is 9.59 Å². The van der Waals surface area contributed by atoms with E-state index in [1.54, 1.807) is 29.3 Å². The Balaban J connectivity index is 1.57. The molecule has 0 radical (unpaired) electrons. The number of piperidine rings is 1. The summed E-state index contributed by atoms with van der Waals surface area (Å²) in [5.74, 6) is -0.0687. The minimum absolute atomic E-state index is 0.0977. The van der Waals surface area contributed by atoms with Crippen molar-refractivity contribution in [1.82, 2.24) is 14.9 Å². The van der Waals surface area contributed by atoms with Crippen molar-refractivity contribution in [3.05, 3.63) is 57.0 Å². The van der Waals surface area contributed by atoms with Crippen LogP contribution in [0.5, 0.6) is 0 Å². The van der Waals surface area contributed by atoms with E-state index in [-0.39, 0.29) is 23.3 Å². The summed E-state index contributed by atoms with van der Waals surface area (Å²) in [4.78, 5) is 44.7. The lowest BCUT2D eigenvalue weighted by molar-refractivity contribution is -0.121. The summed E-state index contributed by atoms with van der Waals surface area (Å²) in [6, 6.07) is 6.67. The van der Waals surface area contributed by atoms with Crippen molar-refractivity contribution in [1.29, 1.82) is 0 Å². The average Bonchev–Trinajstić information content (AvgIpc) is 2.63. The monoisotopic (exact) mass is 404 g/mol. The van der Waals surface area contributed by atoms with E-state index >= 15 is 0 Å². The molecule has 2 aromatic rings. The first kappa shape index (κ1) is 17.3. The number of aromatic nitrogens is 2. The molecule has 130 valence electrons. The number of halogens is 1. The first-order valence-electron chi connectivity index (χ1n) is 7.94. The Bertz CT molecular complexity index is 826. The third kappa shape index (κ3) is 4.14. The highest BCUT2D eigenvalue weighted by Gasteiger charge is 2.28. The summed E-state index contributed by atoms with van der Waals surface area (Å²) in [5.41, 5.74) is -0.266. The minimum atomic E-state index is -0.395. The zero-order chi connectivity index (χ0) is 17.8.